The molecule has 1 heterocycles. The lowest BCUT2D eigenvalue weighted by atomic mass is 10.2. The average Bonchev–Trinajstić information content (AvgIpc) is 2.89. The van der Waals surface area contributed by atoms with Crippen LogP contribution in [0.3, 0.4) is 0 Å². The highest BCUT2D eigenvalue weighted by atomic mass is 35.5. The molecule has 0 aliphatic rings. The first kappa shape index (κ1) is 18.0. The maximum absolute atomic E-state index is 12.8. The third-order valence-electron chi connectivity index (χ3n) is 3.74. The number of nitrogens with zero attached hydrogens (tertiary/aromatic N) is 2. The van der Waals surface area contributed by atoms with E-state index in [1.54, 1.807) is 35.8 Å². The normalized spacial score (nSPS) is 12.0. The highest BCUT2D eigenvalue weighted by Gasteiger charge is 2.30. The van der Waals surface area contributed by atoms with E-state index in [-0.39, 0.29) is 11.4 Å². The van der Waals surface area contributed by atoms with Crippen molar-refractivity contribution < 1.29 is 18.0 Å². The van der Waals surface area contributed by atoms with Gasteiger partial charge in [0.15, 0.2) is 0 Å². The number of carbonyl (C=O) groups is 1. The summed E-state index contributed by atoms with van der Waals surface area (Å²) in [6.07, 6.45) is -1.48. The standard InChI is InChI=1S/C18H13ClF3N3O/c1-11-24-15-10-13(18(20,21)22)4-7-16(15)25(11)9-8-23-17(26)12-2-5-14(19)6-3-12/h2-10H,1H3,(H,23,26). The smallest absolute Gasteiger partial charge is 0.327 e. The number of fused-ring (bicyclic) bond motifs is 1. The Kier molecular flexibility index (Phi) is 4.73. The van der Waals surface area contributed by atoms with Crippen LogP contribution in [0.1, 0.15) is 21.7 Å². The number of halogens is 4. The zero-order valence-electron chi connectivity index (χ0n) is 13.5. The van der Waals surface area contributed by atoms with Gasteiger partial charge in [-0.15, -0.1) is 0 Å². The Hall–Kier alpha value is -2.80. The maximum Gasteiger partial charge on any atom is 0.416 e. The first-order valence-electron chi connectivity index (χ1n) is 7.54. The summed E-state index contributed by atoms with van der Waals surface area (Å²) >= 11 is 5.77. The third kappa shape index (κ3) is 3.72. The maximum atomic E-state index is 12.8. The summed E-state index contributed by atoms with van der Waals surface area (Å²) in [6, 6.07) is 9.73. The molecule has 4 nitrogen and oxygen atoms in total. The second-order valence-electron chi connectivity index (χ2n) is 5.53. The Labute approximate surface area is 151 Å². The molecule has 8 heteroatoms. The predicted molar refractivity (Wildman–Crippen MR) is 93.7 cm³/mol. The Morgan fingerprint density at radius 1 is 1.19 bits per heavy atom. The van der Waals surface area contributed by atoms with Gasteiger partial charge in [0.2, 0.25) is 0 Å². The molecule has 2 aromatic carbocycles. The first-order chi connectivity index (χ1) is 12.3. The van der Waals surface area contributed by atoms with Gasteiger partial charge in [-0.1, -0.05) is 11.6 Å². The molecule has 0 radical (unpaired) electrons. The number of aryl methyl sites for hydroxylation is 1. The fourth-order valence-electron chi connectivity index (χ4n) is 2.46. The number of hydrogen-bond acceptors (Lipinski definition) is 2. The molecule has 26 heavy (non-hydrogen) atoms. The van der Waals surface area contributed by atoms with Crippen LogP contribution in [-0.2, 0) is 6.18 Å². The Bertz CT molecular complexity index is 991. The number of carbonyl (C=O) groups excluding carboxylic acids is 1. The first-order valence-corrected chi connectivity index (χ1v) is 7.92. The van der Waals surface area contributed by atoms with E-state index < -0.39 is 11.7 Å². The van der Waals surface area contributed by atoms with Crippen LogP contribution in [0.5, 0.6) is 0 Å². The lowest BCUT2D eigenvalue weighted by Gasteiger charge is -2.06. The number of amides is 1. The summed E-state index contributed by atoms with van der Waals surface area (Å²) in [7, 11) is 0. The van der Waals surface area contributed by atoms with Crippen molar-refractivity contribution in [2.75, 3.05) is 0 Å². The van der Waals surface area contributed by atoms with Crippen molar-refractivity contribution in [1.29, 1.82) is 0 Å². The predicted octanol–water partition coefficient (Wildman–Crippen LogP) is 4.88. The van der Waals surface area contributed by atoms with Crippen molar-refractivity contribution in [2.45, 2.75) is 13.1 Å². The monoisotopic (exact) mass is 379 g/mol. The van der Waals surface area contributed by atoms with Gasteiger partial charge >= 0.3 is 6.18 Å². The molecule has 1 amide bonds. The highest BCUT2D eigenvalue weighted by molar-refractivity contribution is 6.30. The summed E-state index contributed by atoms with van der Waals surface area (Å²) < 4.78 is 40.0. The fraction of sp³-hybridized carbons (Fsp3) is 0.111. The molecular weight excluding hydrogens is 367 g/mol. The van der Waals surface area contributed by atoms with Gasteiger partial charge in [0, 0.05) is 23.0 Å². The molecule has 3 rings (SSSR count). The van der Waals surface area contributed by atoms with Crippen molar-refractivity contribution in [3.63, 3.8) is 0 Å². The van der Waals surface area contributed by atoms with Crippen molar-refractivity contribution in [3.05, 3.63) is 70.6 Å². The summed E-state index contributed by atoms with van der Waals surface area (Å²) in [6.45, 7) is 1.67. The number of imidazole rings is 1. The van der Waals surface area contributed by atoms with Crippen molar-refractivity contribution in [2.24, 2.45) is 0 Å². The van der Waals surface area contributed by atoms with Crippen LogP contribution in [0.25, 0.3) is 17.2 Å². The molecule has 0 aliphatic heterocycles. The van der Waals surface area contributed by atoms with Gasteiger partial charge in [0.25, 0.3) is 5.91 Å². The van der Waals surface area contributed by atoms with Crippen molar-refractivity contribution in [3.8, 4) is 0 Å². The number of alkyl halides is 3. The van der Waals surface area contributed by atoms with E-state index in [2.05, 4.69) is 10.3 Å². The molecule has 0 atom stereocenters. The second-order valence-corrected chi connectivity index (χ2v) is 5.96. The molecule has 0 spiro atoms. The van der Waals surface area contributed by atoms with Gasteiger partial charge < -0.3 is 9.88 Å². The topological polar surface area (TPSA) is 46.9 Å². The molecule has 1 aromatic heterocycles. The van der Waals surface area contributed by atoms with Gasteiger partial charge in [-0.25, -0.2) is 4.98 Å². The molecule has 0 unspecified atom stereocenters. The van der Waals surface area contributed by atoms with Gasteiger partial charge in [0.1, 0.15) is 5.82 Å². The van der Waals surface area contributed by atoms with E-state index in [0.717, 1.165) is 12.1 Å². The molecule has 134 valence electrons. The summed E-state index contributed by atoms with van der Waals surface area (Å²) in [5, 5.41) is 3.12. The molecule has 0 saturated heterocycles. The minimum Gasteiger partial charge on any atom is -0.327 e. The van der Waals surface area contributed by atoms with Crippen molar-refractivity contribution in [1.82, 2.24) is 14.9 Å². The van der Waals surface area contributed by atoms with E-state index in [1.165, 1.54) is 18.5 Å². The van der Waals surface area contributed by atoms with Gasteiger partial charge in [-0.3, -0.25) is 4.79 Å². The van der Waals surface area contributed by atoms with Gasteiger partial charge in [-0.05, 0) is 49.4 Å². The lowest BCUT2D eigenvalue weighted by molar-refractivity contribution is -0.137. The lowest BCUT2D eigenvalue weighted by Crippen LogP contribution is -2.17. The number of benzene rings is 2. The Balaban J connectivity index is 1.82. The molecular formula is C18H13ClF3N3O. The average molecular weight is 380 g/mol. The zero-order chi connectivity index (χ0) is 18.9. The van der Waals surface area contributed by atoms with Crippen LogP contribution in [-0.4, -0.2) is 15.5 Å². The molecule has 3 aromatic rings. The summed E-state index contributed by atoms with van der Waals surface area (Å²) in [4.78, 5) is 16.2. The largest absolute Gasteiger partial charge is 0.416 e. The summed E-state index contributed by atoms with van der Waals surface area (Å²) in [5.41, 5.74) is 0.411. The summed E-state index contributed by atoms with van der Waals surface area (Å²) in [5.74, 6) is 0.163. The van der Waals surface area contributed by atoms with E-state index >= 15 is 0 Å². The molecule has 1 N–H and O–H groups in total. The highest BCUT2D eigenvalue weighted by Crippen LogP contribution is 2.31. The quantitative estimate of drug-likeness (QED) is 0.705. The number of aromatic nitrogens is 2. The third-order valence-corrected chi connectivity index (χ3v) is 3.99. The fourth-order valence-corrected chi connectivity index (χ4v) is 2.58. The van der Waals surface area contributed by atoms with Crippen LogP contribution in [0.4, 0.5) is 13.2 Å². The molecule has 0 saturated carbocycles. The van der Waals surface area contributed by atoms with Gasteiger partial charge in [-0.2, -0.15) is 13.2 Å². The van der Waals surface area contributed by atoms with E-state index in [1.807, 2.05) is 0 Å². The SMILES string of the molecule is Cc1nc2cc(C(F)(F)F)ccc2n1C=CNC(=O)c1ccc(Cl)cc1. The molecule has 0 fully saturated rings. The minimum absolute atomic E-state index is 0.228. The Morgan fingerprint density at radius 3 is 2.54 bits per heavy atom. The van der Waals surface area contributed by atoms with Crippen molar-refractivity contribution >= 4 is 34.7 Å². The van der Waals surface area contributed by atoms with Crippen LogP contribution >= 0.6 is 11.6 Å². The van der Waals surface area contributed by atoms with E-state index in [9.17, 15) is 18.0 Å². The second kappa shape index (κ2) is 6.84. The minimum atomic E-state index is -4.42. The van der Waals surface area contributed by atoms with Crippen LogP contribution in [0.15, 0.2) is 48.7 Å². The van der Waals surface area contributed by atoms with E-state index in [0.29, 0.717) is 21.9 Å². The van der Waals surface area contributed by atoms with Crippen LogP contribution in [0, 0.1) is 6.92 Å². The molecule has 0 aliphatic carbocycles. The Morgan fingerprint density at radius 2 is 1.88 bits per heavy atom. The van der Waals surface area contributed by atoms with Crippen LogP contribution in [0.2, 0.25) is 5.02 Å². The molecule has 0 bridgehead atoms. The van der Waals surface area contributed by atoms with Crippen LogP contribution < -0.4 is 5.32 Å². The number of hydrogen-bond donors (Lipinski definition) is 1. The van der Waals surface area contributed by atoms with Gasteiger partial charge in [0.05, 0.1) is 16.6 Å². The van der Waals surface area contributed by atoms with E-state index in [4.69, 9.17) is 11.6 Å². The zero-order valence-corrected chi connectivity index (χ0v) is 14.3. The number of rotatable bonds is 3. The number of nitrogens with one attached hydrogen (secondary N) is 1.